The Morgan fingerprint density at radius 2 is 1.69 bits per heavy atom. The number of halogens is 1. The molecule has 26 heavy (non-hydrogen) atoms. The fourth-order valence-corrected chi connectivity index (χ4v) is 5.41. The number of para-hydroxylation sites is 1. The summed E-state index contributed by atoms with van der Waals surface area (Å²) in [5, 5.41) is 3.20. The molecular formula is C20H19ClN2O3. The van der Waals surface area contributed by atoms with E-state index in [2.05, 4.69) is 17.5 Å². The number of allylic oxidation sites excluding steroid dienone is 2. The second kappa shape index (κ2) is 5.68. The highest BCUT2D eigenvalue weighted by atomic mass is 35.5. The van der Waals surface area contributed by atoms with Crippen LogP contribution in [0.5, 0.6) is 0 Å². The first-order valence-electron chi connectivity index (χ1n) is 9.14. The summed E-state index contributed by atoms with van der Waals surface area (Å²) in [6.45, 7) is 0.135. The predicted molar refractivity (Wildman–Crippen MR) is 96.1 cm³/mol. The number of imide groups is 1. The first-order chi connectivity index (χ1) is 12.6. The number of carbonyl (C=O) groups excluding carboxylic acids is 3. The number of hydrogen-bond donors (Lipinski definition) is 1. The molecule has 4 aliphatic carbocycles. The molecule has 5 aliphatic rings. The molecule has 3 fully saturated rings. The molecular weight excluding hydrogens is 352 g/mol. The number of amides is 3. The Morgan fingerprint density at radius 3 is 2.31 bits per heavy atom. The Hall–Kier alpha value is -2.14. The summed E-state index contributed by atoms with van der Waals surface area (Å²) >= 11 is 6.04. The van der Waals surface area contributed by atoms with Crippen LogP contribution in [0.3, 0.4) is 0 Å². The number of likely N-dealkylation sites (tertiary alicyclic amines) is 1. The number of hydrogen-bond acceptors (Lipinski definition) is 3. The molecule has 2 bridgehead atoms. The van der Waals surface area contributed by atoms with Gasteiger partial charge in [0.1, 0.15) is 0 Å². The molecule has 6 rings (SSSR count). The van der Waals surface area contributed by atoms with E-state index in [4.69, 9.17) is 11.6 Å². The van der Waals surface area contributed by atoms with Gasteiger partial charge in [-0.3, -0.25) is 19.3 Å². The first-order valence-corrected chi connectivity index (χ1v) is 9.52. The molecule has 1 aromatic rings. The summed E-state index contributed by atoms with van der Waals surface area (Å²) < 4.78 is 0. The summed E-state index contributed by atoms with van der Waals surface area (Å²) in [6.07, 6.45) is 5.53. The number of benzene rings is 1. The average Bonchev–Trinajstić information content (AvgIpc) is 3.41. The van der Waals surface area contributed by atoms with Gasteiger partial charge in [-0.05, 0) is 42.2 Å². The molecule has 1 N–H and O–H groups in total. The standard InChI is InChI=1S/C20H19ClN2O3/c21-14-3-1-2-4-15(14)22-16(24)7-8-23-19(25)17-10-5-6-11(13-9-12(10)13)18(17)20(23)26/h1-6,10-13,17-18H,7-9H2,(H,22,24). The third-order valence-corrected chi connectivity index (χ3v) is 6.79. The number of carbonyl (C=O) groups is 3. The van der Waals surface area contributed by atoms with Crippen molar-refractivity contribution in [3.05, 3.63) is 41.4 Å². The van der Waals surface area contributed by atoms with Gasteiger partial charge in [0, 0.05) is 13.0 Å². The zero-order chi connectivity index (χ0) is 18.0. The van der Waals surface area contributed by atoms with Gasteiger partial charge in [-0.25, -0.2) is 0 Å². The topological polar surface area (TPSA) is 66.5 Å². The third-order valence-electron chi connectivity index (χ3n) is 6.46. The van der Waals surface area contributed by atoms with E-state index in [1.54, 1.807) is 24.3 Å². The average molecular weight is 371 g/mol. The highest BCUT2D eigenvalue weighted by molar-refractivity contribution is 6.33. The molecule has 5 nitrogen and oxygen atoms in total. The van der Waals surface area contributed by atoms with E-state index >= 15 is 0 Å². The van der Waals surface area contributed by atoms with Crippen LogP contribution in [-0.2, 0) is 14.4 Å². The Labute approximate surface area is 156 Å². The maximum absolute atomic E-state index is 12.8. The van der Waals surface area contributed by atoms with Crippen molar-refractivity contribution in [2.45, 2.75) is 12.8 Å². The van der Waals surface area contributed by atoms with Crippen LogP contribution < -0.4 is 5.32 Å². The first kappa shape index (κ1) is 16.1. The summed E-state index contributed by atoms with van der Waals surface area (Å²) in [5.74, 6) is 0.781. The van der Waals surface area contributed by atoms with Gasteiger partial charge >= 0.3 is 0 Å². The fourth-order valence-electron chi connectivity index (χ4n) is 5.23. The van der Waals surface area contributed by atoms with Crippen LogP contribution in [0.15, 0.2) is 36.4 Å². The molecule has 1 saturated heterocycles. The maximum Gasteiger partial charge on any atom is 0.233 e. The van der Waals surface area contributed by atoms with E-state index in [1.165, 1.54) is 4.90 Å². The quantitative estimate of drug-likeness (QED) is 0.654. The zero-order valence-corrected chi connectivity index (χ0v) is 14.9. The molecule has 2 saturated carbocycles. The SMILES string of the molecule is O=C(CCN1C(=O)C2C3C=CC(C4CC34)C2C1=O)Nc1ccccc1Cl. The van der Waals surface area contributed by atoms with Crippen molar-refractivity contribution in [1.82, 2.24) is 4.90 Å². The number of anilines is 1. The van der Waals surface area contributed by atoms with E-state index in [9.17, 15) is 14.4 Å². The number of nitrogens with zero attached hydrogens (tertiary/aromatic N) is 1. The van der Waals surface area contributed by atoms with E-state index in [-0.39, 0.29) is 54.4 Å². The lowest BCUT2D eigenvalue weighted by molar-refractivity contribution is -0.140. The molecule has 1 heterocycles. The van der Waals surface area contributed by atoms with Gasteiger partial charge in [-0.1, -0.05) is 35.9 Å². The van der Waals surface area contributed by atoms with Crippen LogP contribution >= 0.6 is 11.6 Å². The van der Waals surface area contributed by atoms with E-state index in [0.717, 1.165) is 6.42 Å². The molecule has 1 aromatic carbocycles. The zero-order valence-electron chi connectivity index (χ0n) is 14.1. The second-order valence-corrected chi connectivity index (χ2v) is 8.17. The minimum atomic E-state index is -0.252. The van der Waals surface area contributed by atoms with Gasteiger partial charge in [0.25, 0.3) is 0 Å². The van der Waals surface area contributed by atoms with Crippen molar-refractivity contribution in [2.75, 3.05) is 11.9 Å². The molecule has 0 aromatic heterocycles. The molecule has 6 unspecified atom stereocenters. The molecule has 6 heteroatoms. The monoisotopic (exact) mass is 370 g/mol. The summed E-state index contributed by atoms with van der Waals surface area (Å²) in [7, 11) is 0. The minimum absolute atomic E-state index is 0.0811. The molecule has 6 atom stereocenters. The van der Waals surface area contributed by atoms with Crippen molar-refractivity contribution in [3.8, 4) is 0 Å². The van der Waals surface area contributed by atoms with Crippen molar-refractivity contribution in [1.29, 1.82) is 0 Å². The van der Waals surface area contributed by atoms with Crippen molar-refractivity contribution < 1.29 is 14.4 Å². The lowest BCUT2D eigenvalue weighted by Crippen LogP contribution is -2.40. The predicted octanol–water partition coefficient (Wildman–Crippen LogP) is 2.72. The Morgan fingerprint density at radius 1 is 1.08 bits per heavy atom. The highest BCUT2D eigenvalue weighted by Gasteiger charge is 2.66. The number of nitrogens with one attached hydrogen (secondary N) is 1. The minimum Gasteiger partial charge on any atom is -0.325 e. The summed E-state index contributed by atoms with van der Waals surface area (Å²) in [6, 6.07) is 6.99. The van der Waals surface area contributed by atoms with Gasteiger partial charge in [0.2, 0.25) is 17.7 Å². The summed E-state index contributed by atoms with van der Waals surface area (Å²) in [4.78, 5) is 39.2. The lowest BCUT2D eigenvalue weighted by Gasteiger charge is -2.37. The number of rotatable bonds is 4. The smallest absolute Gasteiger partial charge is 0.233 e. The Kier molecular flexibility index (Phi) is 3.51. The molecule has 3 amide bonds. The van der Waals surface area contributed by atoms with Gasteiger partial charge in [0.05, 0.1) is 22.5 Å². The fraction of sp³-hybridized carbons (Fsp3) is 0.450. The van der Waals surface area contributed by atoms with E-state index in [1.807, 2.05) is 0 Å². The molecule has 134 valence electrons. The van der Waals surface area contributed by atoms with E-state index in [0.29, 0.717) is 22.5 Å². The maximum atomic E-state index is 12.8. The van der Waals surface area contributed by atoms with Gasteiger partial charge in [-0.15, -0.1) is 0 Å². The van der Waals surface area contributed by atoms with Crippen molar-refractivity contribution in [2.24, 2.45) is 35.5 Å². The second-order valence-electron chi connectivity index (χ2n) is 7.76. The van der Waals surface area contributed by atoms with Crippen molar-refractivity contribution in [3.63, 3.8) is 0 Å². The van der Waals surface area contributed by atoms with Gasteiger partial charge in [-0.2, -0.15) is 0 Å². The van der Waals surface area contributed by atoms with Crippen LogP contribution in [0.4, 0.5) is 5.69 Å². The van der Waals surface area contributed by atoms with Gasteiger partial charge in [0.15, 0.2) is 0 Å². The highest BCUT2D eigenvalue weighted by Crippen LogP contribution is 2.65. The molecule has 0 radical (unpaired) electrons. The van der Waals surface area contributed by atoms with Crippen LogP contribution in [0, 0.1) is 35.5 Å². The molecule has 1 aliphatic heterocycles. The van der Waals surface area contributed by atoms with Crippen LogP contribution in [0.1, 0.15) is 12.8 Å². The summed E-state index contributed by atoms with van der Waals surface area (Å²) in [5.41, 5.74) is 0.536. The van der Waals surface area contributed by atoms with E-state index < -0.39 is 0 Å². The van der Waals surface area contributed by atoms with Crippen LogP contribution in [0.25, 0.3) is 0 Å². The van der Waals surface area contributed by atoms with Gasteiger partial charge < -0.3 is 5.32 Å². The van der Waals surface area contributed by atoms with Crippen molar-refractivity contribution >= 4 is 35.0 Å². The third kappa shape index (κ3) is 2.26. The lowest BCUT2D eigenvalue weighted by atomic mass is 9.63. The molecule has 0 spiro atoms. The van der Waals surface area contributed by atoms with Crippen LogP contribution in [-0.4, -0.2) is 29.2 Å². The largest absolute Gasteiger partial charge is 0.325 e. The Bertz CT molecular complexity index is 815. The normalized spacial score (nSPS) is 36.1. The van der Waals surface area contributed by atoms with Crippen LogP contribution in [0.2, 0.25) is 5.02 Å². The Balaban J connectivity index is 1.26.